The van der Waals surface area contributed by atoms with Gasteiger partial charge in [-0.3, -0.25) is 0 Å². The zero-order chi connectivity index (χ0) is 12.0. The summed E-state index contributed by atoms with van der Waals surface area (Å²) in [6, 6.07) is 6.27. The van der Waals surface area contributed by atoms with Crippen LogP contribution in [0.2, 0.25) is 0 Å². The highest BCUT2D eigenvalue weighted by atomic mass is 16.5. The Balaban J connectivity index is 2.42. The number of hydrogen-bond acceptors (Lipinski definition) is 3. The van der Waals surface area contributed by atoms with Crippen LogP contribution in [-0.4, -0.2) is 31.4 Å². The highest BCUT2D eigenvalue weighted by molar-refractivity contribution is 5.35. The fourth-order valence-electron chi connectivity index (χ4n) is 1.60. The third-order valence-electron chi connectivity index (χ3n) is 2.68. The van der Waals surface area contributed by atoms with Gasteiger partial charge in [0.15, 0.2) is 0 Å². The van der Waals surface area contributed by atoms with Crippen LogP contribution in [0, 0.1) is 13.8 Å². The first-order chi connectivity index (χ1) is 7.67. The molecule has 0 fully saturated rings. The number of aliphatic hydroxyl groups excluding tert-OH is 1. The lowest BCUT2D eigenvalue weighted by Crippen LogP contribution is -2.30. The summed E-state index contributed by atoms with van der Waals surface area (Å²) < 4.78 is 5.67. The minimum absolute atomic E-state index is 0.116. The van der Waals surface area contributed by atoms with Gasteiger partial charge >= 0.3 is 0 Å². The molecule has 0 aliphatic heterocycles. The average Bonchev–Trinajstić information content (AvgIpc) is 2.27. The van der Waals surface area contributed by atoms with Crippen molar-refractivity contribution in [3.8, 4) is 5.75 Å². The average molecular weight is 223 g/mol. The van der Waals surface area contributed by atoms with Crippen LogP contribution in [0.3, 0.4) is 0 Å². The fourth-order valence-corrected chi connectivity index (χ4v) is 1.60. The molecule has 0 heterocycles. The fraction of sp³-hybridized carbons (Fsp3) is 0.538. The molecule has 0 saturated carbocycles. The molecule has 1 aromatic rings. The molecule has 0 amide bonds. The SMILES string of the molecule is CNC(CO)CCOc1ccc(C)cc1C. The summed E-state index contributed by atoms with van der Waals surface area (Å²) in [5, 5.41) is 12.0. The van der Waals surface area contributed by atoms with Crippen LogP contribution in [0.5, 0.6) is 5.75 Å². The Kier molecular flexibility index (Phi) is 5.29. The quantitative estimate of drug-likeness (QED) is 0.770. The van der Waals surface area contributed by atoms with Gasteiger partial charge in [-0.05, 0) is 38.9 Å². The molecule has 90 valence electrons. The number of aryl methyl sites for hydroxylation is 2. The van der Waals surface area contributed by atoms with Crippen molar-refractivity contribution in [2.75, 3.05) is 20.3 Å². The molecule has 2 N–H and O–H groups in total. The van der Waals surface area contributed by atoms with E-state index >= 15 is 0 Å². The second-order valence-corrected chi connectivity index (χ2v) is 4.07. The molecule has 3 nitrogen and oxygen atoms in total. The monoisotopic (exact) mass is 223 g/mol. The van der Waals surface area contributed by atoms with Crippen LogP contribution in [0.4, 0.5) is 0 Å². The minimum atomic E-state index is 0.116. The predicted octanol–water partition coefficient (Wildman–Crippen LogP) is 1.65. The molecule has 1 rings (SSSR count). The van der Waals surface area contributed by atoms with E-state index < -0.39 is 0 Å². The van der Waals surface area contributed by atoms with Gasteiger partial charge < -0.3 is 15.2 Å². The van der Waals surface area contributed by atoms with Crippen molar-refractivity contribution in [2.45, 2.75) is 26.3 Å². The van der Waals surface area contributed by atoms with Crippen molar-refractivity contribution in [3.05, 3.63) is 29.3 Å². The van der Waals surface area contributed by atoms with Crippen molar-refractivity contribution in [1.29, 1.82) is 0 Å². The Morgan fingerprint density at radius 3 is 2.69 bits per heavy atom. The molecule has 0 radical (unpaired) electrons. The minimum Gasteiger partial charge on any atom is -0.493 e. The van der Waals surface area contributed by atoms with Gasteiger partial charge in [-0.2, -0.15) is 0 Å². The third kappa shape index (κ3) is 3.83. The van der Waals surface area contributed by atoms with Gasteiger partial charge in [-0.15, -0.1) is 0 Å². The lowest BCUT2D eigenvalue weighted by Gasteiger charge is -2.14. The molecule has 3 heteroatoms. The highest BCUT2D eigenvalue weighted by Crippen LogP contribution is 2.18. The van der Waals surface area contributed by atoms with E-state index in [1.807, 2.05) is 26.1 Å². The van der Waals surface area contributed by atoms with Crippen LogP contribution in [-0.2, 0) is 0 Å². The molecule has 0 bridgehead atoms. The van der Waals surface area contributed by atoms with E-state index in [9.17, 15) is 0 Å². The zero-order valence-electron chi connectivity index (χ0n) is 10.3. The Labute approximate surface area is 97.4 Å². The van der Waals surface area contributed by atoms with Gasteiger partial charge in [-0.1, -0.05) is 17.7 Å². The summed E-state index contributed by atoms with van der Waals surface area (Å²) >= 11 is 0. The molecule has 1 aromatic carbocycles. The summed E-state index contributed by atoms with van der Waals surface area (Å²) in [4.78, 5) is 0. The molecule has 16 heavy (non-hydrogen) atoms. The summed E-state index contributed by atoms with van der Waals surface area (Å²) in [6.07, 6.45) is 0.806. The molecule has 0 spiro atoms. The number of aliphatic hydroxyl groups is 1. The van der Waals surface area contributed by atoms with Crippen LogP contribution in [0.25, 0.3) is 0 Å². The molecule has 0 aliphatic carbocycles. The first kappa shape index (κ1) is 13.0. The van der Waals surface area contributed by atoms with Crippen LogP contribution in [0.15, 0.2) is 18.2 Å². The molecular formula is C13H21NO2. The van der Waals surface area contributed by atoms with Crippen molar-refractivity contribution >= 4 is 0 Å². The van der Waals surface area contributed by atoms with Gasteiger partial charge in [0.05, 0.1) is 13.2 Å². The van der Waals surface area contributed by atoms with E-state index in [2.05, 4.69) is 18.3 Å². The molecule has 1 unspecified atom stereocenters. The first-order valence-electron chi connectivity index (χ1n) is 5.65. The third-order valence-corrected chi connectivity index (χ3v) is 2.68. The highest BCUT2D eigenvalue weighted by Gasteiger charge is 2.05. The van der Waals surface area contributed by atoms with E-state index in [0.29, 0.717) is 6.61 Å². The maximum Gasteiger partial charge on any atom is 0.122 e. The normalized spacial score (nSPS) is 12.5. The lowest BCUT2D eigenvalue weighted by molar-refractivity contribution is 0.214. The van der Waals surface area contributed by atoms with Crippen LogP contribution >= 0.6 is 0 Å². The molecule has 0 saturated heterocycles. The second-order valence-electron chi connectivity index (χ2n) is 4.07. The summed E-state index contributed by atoms with van der Waals surface area (Å²) in [5.41, 5.74) is 2.40. The molecule has 0 aliphatic rings. The van der Waals surface area contributed by atoms with Crippen molar-refractivity contribution in [1.82, 2.24) is 5.32 Å². The Morgan fingerprint density at radius 2 is 2.12 bits per heavy atom. The number of benzene rings is 1. The number of nitrogens with one attached hydrogen (secondary N) is 1. The van der Waals surface area contributed by atoms with Gasteiger partial charge in [-0.25, -0.2) is 0 Å². The maximum absolute atomic E-state index is 9.00. The largest absolute Gasteiger partial charge is 0.493 e. The van der Waals surface area contributed by atoms with Gasteiger partial charge in [0, 0.05) is 6.04 Å². The summed E-state index contributed by atoms with van der Waals surface area (Å²) in [5.74, 6) is 0.929. The van der Waals surface area contributed by atoms with E-state index in [1.165, 1.54) is 5.56 Å². The summed E-state index contributed by atoms with van der Waals surface area (Å²) in [6.45, 7) is 4.88. The van der Waals surface area contributed by atoms with Gasteiger partial charge in [0.2, 0.25) is 0 Å². The topological polar surface area (TPSA) is 41.5 Å². The standard InChI is InChI=1S/C13H21NO2/c1-10-4-5-13(11(2)8-10)16-7-6-12(9-15)14-3/h4-5,8,12,14-15H,6-7,9H2,1-3H3. The molecule has 0 aromatic heterocycles. The number of hydrogen-bond donors (Lipinski definition) is 2. The predicted molar refractivity (Wildman–Crippen MR) is 66.0 cm³/mol. The Morgan fingerprint density at radius 1 is 1.38 bits per heavy atom. The van der Waals surface area contributed by atoms with Crippen LogP contribution in [0.1, 0.15) is 17.5 Å². The molecule has 1 atom stereocenters. The van der Waals surface area contributed by atoms with Crippen molar-refractivity contribution in [2.24, 2.45) is 0 Å². The van der Waals surface area contributed by atoms with E-state index in [0.717, 1.165) is 17.7 Å². The van der Waals surface area contributed by atoms with E-state index in [-0.39, 0.29) is 12.6 Å². The van der Waals surface area contributed by atoms with Gasteiger partial charge in [0.25, 0.3) is 0 Å². The van der Waals surface area contributed by atoms with Gasteiger partial charge in [0.1, 0.15) is 5.75 Å². The lowest BCUT2D eigenvalue weighted by atomic mass is 10.1. The Bertz CT molecular complexity index is 322. The number of likely N-dealkylation sites (N-methyl/N-ethyl adjacent to an activating group) is 1. The zero-order valence-corrected chi connectivity index (χ0v) is 10.3. The number of rotatable bonds is 6. The van der Waals surface area contributed by atoms with E-state index in [1.54, 1.807) is 0 Å². The van der Waals surface area contributed by atoms with Crippen molar-refractivity contribution in [3.63, 3.8) is 0 Å². The Hall–Kier alpha value is -1.06. The van der Waals surface area contributed by atoms with E-state index in [4.69, 9.17) is 9.84 Å². The first-order valence-corrected chi connectivity index (χ1v) is 5.65. The second kappa shape index (κ2) is 6.51. The number of ether oxygens (including phenoxy) is 1. The maximum atomic E-state index is 9.00. The smallest absolute Gasteiger partial charge is 0.122 e. The van der Waals surface area contributed by atoms with Crippen LogP contribution < -0.4 is 10.1 Å². The summed E-state index contributed by atoms with van der Waals surface area (Å²) in [7, 11) is 1.85. The van der Waals surface area contributed by atoms with Crippen molar-refractivity contribution < 1.29 is 9.84 Å². The molecular weight excluding hydrogens is 202 g/mol.